The second kappa shape index (κ2) is 7.04. The van der Waals surface area contributed by atoms with E-state index in [0.717, 1.165) is 11.3 Å². The molecule has 0 spiro atoms. The average molecular weight is 294 g/mol. The summed E-state index contributed by atoms with van der Waals surface area (Å²) in [6.07, 6.45) is -1.85. The Hall–Kier alpha value is -0.690. The van der Waals surface area contributed by atoms with E-state index in [0.29, 0.717) is 15.6 Å². The molecule has 1 aromatic heterocycles. The molecule has 0 bridgehead atoms. The Kier molecular flexibility index (Phi) is 6.01. The number of hydrogen-bond acceptors (Lipinski definition) is 6. The molecule has 1 heterocycles. The summed E-state index contributed by atoms with van der Waals surface area (Å²) in [5, 5.41) is 19.8. The van der Waals surface area contributed by atoms with Gasteiger partial charge in [-0.15, -0.1) is 22.9 Å². The minimum absolute atomic E-state index is 0.243. The maximum atomic E-state index is 11.6. The van der Waals surface area contributed by atoms with Crippen LogP contribution in [0.4, 0.5) is 0 Å². The Morgan fingerprint density at radius 2 is 2.22 bits per heavy atom. The molecule has 0 fully saturated rings. The second-order valence-electron chi connectivity index (χ2n) is 3.68. The largest absolute Gasteiger partial charge is 0.462 e. The minimum Gasteiger partial charge on any atom is -0.462 e. The molecule has 1 rings (SSSR count). The number of esters is 1. The average Bonchev–Trinajstić information content (AvgIpc) is 2.71. The normalized spacial score (nSPS) is 14.3. The van der Waals surface area contributed by atoms with Crippen molar-refractivity contribution >= 4 is 28.9 Å². The lowest BCUT2D eigenvalue weighted by atomic mass is 10.1. The number of ether oxygens (including phenoxy) is 1. The number of aliphatic hydroxyl groups is 2. The molecule has 2 N–H and O–H groups in total. The SMILES string of the molecule is CCOC(=O)c1sc(C(O)C(O)CCCl)nc1C. The summed E-state index contributed by atoms with van der Waals surface area (Å²) in [7, 11) is 0. The fourth-order valence-electron chi connectivity index (χ4n) is 1.36. The number of carbonyl (C=O) groups excluding carboxylic acids is 1. The van der Waals surface area contributed by atoms with Crippen molar-refractivity contribution in [2.24, 2.45) is 0 Å². The molecule has 1 aromatic rings. The summed E-state index contributed by atoms with van der Waals surface area (Å²) in [6, 6.07) is 0. The monoisotopic (exact) mass is 293 g/mol. The van der Waals surface area contributed by atoms with E-state index in [1.165, 1.54) is 0 Å². The van der Waals surface area contributed by atoms with Gasteiger partial charge < -0.3 is 14.9 Å². The molecular weight excluding hydrogens is 278 g/mol. The van der Waals surface area contributed by atoms with E-state index in [9.17, 15) is 15.0 Å². The number of alkyl halides is 1. The number of aromatic nitrogens is 1. The number of hydrogen-bond donors (Lipinski definition) is 2. The highest BCUT2D eigenvalue weighted by Gasteiger charge is 2.24. The van der Waals surface area contributed by atoms with E-state index in [2.05, 4.69) is 4.98 Å². The van der Waals surface area contributed by atoms with Gasteiger partial charge in [-0.25, -0.2) is 9.78 Å². The number of thiazole rings is 1. The second-order valence-corrected chi connectivity index (χ2v) is 5.09. The number of aliphatic hydroxyl groups excluding tert-OH is 2. The maximum absolute atomic E-state index is 11.6. The van der Waals surface area contributed by atoms with Crippen molar-refractivity contribution in [3.05, 3.63) is 15.6 Å². The van der Waals surface area contributed by atoms with E-state index in [1.807, 2.05) is 0 Å². The summed E-state index contributed by atoms with van der Waals surface area (Å²) in [5.41, 5.74) is 0.491. The van der Waals surface area contributed by atoms with Crippen LogP contribution in [0.25, 0.3) is 0 Å². The Labute approximate surface area is 114 Å². The molecular formula is C11H16ClNO4S. The highest BCUT2D eigenvalue weighted by Crippen LogP contribution is 2.27. The molecule has 0 saturated carbocycles. The molecule has 7 heteroatoms. The Morgan fingerprint density at radius 3 is 2.78 bits per heavy atom. The standard InChI is InChI=1S/C11H16ClNO4S/c1-3-17-11(16)9-6(2)13-10(18-9)8(15)7(14)4-5-12/h7-8,14-15H,3-5H2,1-2H3. The van der Waals surface area contributed by atoms with Crippen molar-refractivity contribution < 1.29 is 19.7 Å². The molecule has 0 saturated heterocycles. The zero-order valence-electron chi connectivity index (χ0n) is 10.2. The first-order valence-corrected chi connectivity index (χ1v) is 6.92. The highest BCUT2D eigenvalue weighted by atomic mass is 35.5. The fourth-order valence-corrected chi connectivity index (χ4v) is 2.59. The van der Waals surface area contributed by atoms with Crippen LogP contribution in [-0.2, 0) is 4.74 Å². The number of aryl methyl sites for hydroxylation is 1. The first kappa shape index (κ1) is 15.4. The molecule has 2 atom stereocenters. The molecule has 2 unspecified atom stereocenters. The third-order valence-corrected chi connectivity index (χ3v) is 3.72. The van der Waals surface area contributed by atoms with Crippen LogP contribution in [0.2, 0.25) is 0 Å². The summed E-state index contributed by atoms with van der Waals surface area (Å²) < 4.78 is 4.88. The molecule has 0 radical (unpaired) electrons. The lowest BCUT2D eigenvalue weighted by molar-refractivity contribution is 0.0168. The van der Waals surface area contributed by atoms with Crippen LogP contribution in [0.15, 0.2) is 0 Å². The number of halogens is 1. The van der Waals surface area contributed by atoms with Gasteiger partial charge in [-0.3, -0.25) is 0 Å². The third kappa shape index (κ3) is 3.65. The number of carbonyl (C=O) groups is 1. The molecule has 18 heavy (non-hydrogen) atoms. The molecule has 0 aliphatic heterocycles. The van der Waals surface area contributed by atoms with E-state index < -0.39 is 18.2 Å². The summed E-state index contributed by atoms with van der Waals surface area (Å²) in [5.74, 6) is -0.217. The minimum atomic E-state index is -1.13. The molecule has 0 aromatic carbocycles. The van der Waals surface area contributed by atoms with Crippen molar-refractivity contribution in [3.63, 3.8) is 0 Å². The van der Waals surface area contributed by atoms with Crippen molar-refractivity contribution in [2.75, 3.05) is 12.5 Å². The van der Waals surface area contributed by atoms with Gasteiger partial charge in [0.25, 0.3) is 0 Å². The van der Waals surface area contributed by atoms with Crippen LogP contribution in [-0.4, -0.2) is 39.8 Å². The van der Waals surface area contributed by atoms with Crippen LogP contribution >= 0.6 is 22.9 Å². The van der Waals surface area contributed by atoms with Crippen LogP contribution in [0.1, 0.15) is 39.8 Å². The van der Waals surface area contributed by atoms with E-state index in [-0.39, 0.29) is 18.9 Å². The highest BCUT2D eigenvalue weighted by molar-refractivity contribution is 7.13. The zero-order chi connectivity index (χ0) is 13.7. The van der Waals surface area contributed by atoms with Gasteiger partial charge in [0, 0.05) is 5.88 Å². The first-order valence-electron chi connectivity index (χ1n) is 5.57. The number of nitrogens with zero attached hydrogens (tertiary/aromatic N) is 1. The summed E-state index contributed by atoms with van der Waals surface area (Å²) in [4.78, 5) is 16.0. The quantitative estimate of drug-likeness (QED) is 0.616. The molecule has 0 amide bonds. The van der Waals surface area contributed by atoms with Crippen molar-refractivity contribution in [1.29, 1.82) is 0 Å². The van der Waals surface area contributed by atoms with Crippen LogP contribution in [0, 0.1) is 6.92 Å². The van der Waals surface area contributed by atoms with Gasteiger partial charge in [-0.1, -0.05) is 0 Å². The van der Waals surface area contributed by atoms with Gasteiger partial charge in [0.05, 0.1) is 18.4 Å². The molecule has 0 aliphatic rings. The summed E-state index contributed by atoms with van der Waals surface area (Å²) in [6.45, 7) is 3.66. The van der Waals surface area contributed by atoms with Gasteiger partial charge in [0.15, 0.2) is 0 Å². The predicted molar refractivity (Wildman–Crippen MR) is 69.1 cm³/mol. The van der Waals surface area contributed by atoms with Crippen molar-refractivity contribution in [2.45, 2.75) is 32.5 Å². The van der Waals surface area contributed by atoms with E-state index in [1.54, 1.807) is 13.8 Å². The van der Waals surface area contributed by atoms with Gasteiger partial charge >= 0.3 is 5.97 Å². The van der Waals surface area contributed by atoms with Crippen molar-refractivity contribution in [3.8, 4) is 0 Å². The Balaban J connectivity index is 2.86. The molecule has 5 nitrogen and oxygen atoms in total. The van der Waals surface area contributed by atoms with Gasteiger partial charge in [-0.05, 0) is 20.3 Å². The van der Waals surface area contributed by atoms with E-state index in [4.69, 9.17) is 16.3 Å². The van der Waals surface area contributed by atoms with Crippen LogP contribution < -0.4 is 0 Å². The van der Waals surface area contributed by atoms with Crippen LogP contribution in [0.3, 0.4) is 0 Å². The van der Waals surface area contributed by atoms with Crippen molar-refractivity contribution in [1.82, 2.24) is 4.98 Å². The molecule has 0 aliphatic carbocycles. The Bertz CT molecular complexity index is 410. The van der Waals surface area contributed by atoms with Gasteiger partial charge in [0.1, 0.15) is 16.0 Å². The molecule has 102 valence electrons. The fraction of sp³-hybridized carbons (Fsp3) is 0.636. The first-order chi connectivity index (χ1) is 8.51. The smallest absolute Gasteiger partial charge is 0.350 e. The summed E-state index contributed by atoms with van der Waals surface area (Å²) >= 11 is 6.52. The third-order valence-electron chi connectivity index (χ3n) is 2.30. The predicted octanol–water partition coefficient (Wildman–Crippen LogP) is 1.65. The maximum Gasteiger partial charge on any atom is 0.350 e. The lowest BCUT2D eigenvalue weighted by Gasteiger charge is -2.13. The van der Waals surface area contributed by atoms with Crippen LogP contribution in [0.5, 0.6) is 0 Å². The zero-order valence-corrected chi connectivity index (χ0v) is 11.8. The topological polar surface area (TPSA) is 79.7 Å². The van der Waals surface area contributed by atoms with Gasteiger partial charge in [0.2, 0.25) is 0 Å². The van der Waals surface area contributed by atoms with Gasteiger partial charge in [-0.2, -0.15) is 0 Å². The lowest BCUT2D eigenvalue weighted by Crippen LogP contribution is -2.18. The Morgan fingerprint density at radius 1 is 1.56 bits per heavy atom. The van der Waals surface area contributed by atoms with E-state index >= 15 is 0 Å². The number of rotatable bonds is 6.